The molecule has 0 aliphatic carbocycles. The highest BCUT2D eigenvalue weighted by atomic mass is 32.2. The van der Waals surface area contributed by atoms with Crippen LogP contribution in [0.15, 0.2) is 53.4 Å². The van der Waals surface area contributed by atoms with Crippen LogP contribution in [0.4, 0.5) is 10.5 Å². The third-order valence-corrected chi connectivity index (χ3v) is 6.37. The van der Waals surface area contributed by atoms with E-state index in [2.05, 4.69) is 4.72 Å². The highest BCUT2D eigenvalue weighted by molar-refractivity contribution is 7.92. The summed E-state index contributed by atoms with van der Waals surface area (Å²) in [5.74, 6) is 0.402. The Labute approximate surface area is 194 Å². The maximum atomic E-state index is 12.8. The van der Waals surface area contributed by atoms with Crippen LogP contribution in [-0.4, -0.2) is 69.1 Å². The third-order valence-electron chi connectivity index (χ3n) is 4.97. The first-order valence-electron chi connectivity index (χ1n) is 10.5. The number of carbonyl (C=O) groups excluding carboxylic acids is 2. The van der Waals surface area contributed by atoms with Crippen molar-refractivity contribution in [3.63, 3.8) is 0 Å². The number of benzene rings is 2. The number of ether oxygens (including phenoxy) is 2. The van der Waals surface area contributed by atoms with Crippen LogP contribution in [0.1, 0.15) is 31.1 Å². The second-order valence-corrected chi connectivity index (χ2v) is 10.3. The number of nitrogens with one attached hydrogen (secondary N) is 1. The normalized spacial score (nSPS) is 14.5. The molecule has 0 atom stereocenters. The number of sulfonamides is 1. The predicted molar refractivity (Wildman–Crippen MR) is 124 cm³/mol. The maximum absolute atomic E-state index is 12.8. The van der Waals surface area contributed by atoms with E-state index in [4.69, 9.17) is 9.47 Å². The summed E-state index contributed by atoms with van der Waals surface area (Å²) in [7, 11) is -2.28. The van der Waals surface area contributed by atoms with E-state index in [1.54, 1.807) is 54.8 Å². The first-order valence-corrected chi connectivity index (χ1v) is 12.0. The van der Waals surface area contributed by atoms with Gasteiger partial charge in [0, 0.05) is 37.4 Å². The van der Waals surface area contributed by atoms with Crippen molar-refractivity contribution >= 4 is 27.7 Å². The molecule has 2 amide bonds. The van der Waals surface area contributed by atoms with Crippen molar-refractivity contribution in [2.75, 3.05) is 38.0 Å². The quantitative estimate of drug-likeness (QED) is 0.712. The van der Waals surface area contributed by atoms with Crippen LogP contribution in [0.2, 0.25) is 0 Å². The van der Waals surface area contributed by atoms with Gasteiger partial charge in [0.05, 0.1) is 12.0 Å². The van der Waals surface area contributed by atoms with Crippen LogP contribution < -0.4 is 9.46 Å². The van der Waals surface area contributed by atoms with Crippen molar-refractivity contribution in [1.82, 2.24) is 9.80 Å². The minimum atomic E-state index is -3.81. The Hall–Kier alpha value is -3.27. The lowest BCUT2D eigenvalue weighted by molar-refractivity contribution is 0.0141. The zero-order valence-corrected chi connectivity index (χ0v) is 20.0. The molecule has 1 aliphatic heterocycles. The molecule has 1 fully saturated rings. The van der Waals surface area contributed by atoms with Crippen molar-refractivity contribution in [1.29, 1.82) is 0 Å². The molecule has 10 heteroatoms. The molecule has 0 radical (unpaired) electrons. The van der Waals surface area contributed by atoms with Gasteiger partial charge in [0.15, 0.2) is 0 Å². The summed E-state index contributed by atoms with van der Waals surface area (Å²) in [4.78, 5) is 28.3. The van der Waals surface area contributed by atoms with Gasteiger partial charge in [-0.3, -0.25) is 9.52 Å². The van der Waals surface area contributed by atoms with Gasteiger partial charge in [0.2, 0.25) is 0 Å². The largest absolute Gasteiger partial charge is 0.497 e. The van der Waals surface area contributed by atoms with Crippen molar-refractivity contribution in [2.45, 2.75) is 31.3 Å². The van der Waals surface area contributed by atoms with E-state index in [1.165, 1.54) is 31.4 Å². The molecule has 0 saturated carbocycles. The third kappa shape index (κ3) is 6.38. The van der Waals surface area contributed by atoms with Crippen LogP contribution in [0.25, 0.3) is 0 Å². The smallest absolute Gasteiger partial charge is 0.410 e. The van der Waals surface area contributed by atoms with Crippen molar-refractivity contribution in [3.8, 4) is 5.75 Å². The van der Waals surface area contributed by atoms with Gasteiger partial charge in [0.25, 0.3) is 15.9 Å². The molecule has 0 bridgehead atoms. The number of piperazine rings is 1. The lowest BCUT2D eigenvalue weighted by atomic mass is 10.2. The van der Waals surface area contributed by atoms with E-state index in [0.717, 1.165) is 0 Å². The van der Waals surface area contributed by atoms with Crippen LogP contribution >= 0.6 is 0 Å². The van der Waals surface area contributed by atoms with Gasteiger partial charge in [-0.2, -0.15) is 0 Å². The highest BCUT2D eigenvalue weighted by Crippen LogP contribution is 2.20. The summed E-state index contributed by atoms with van der Waals surface area (Å²) in [5, 5.41) is 0. The fourth-order valence-corrected chi connectivity index (χ4v) is 4.31. The van der Waals surface area contributed by atoms with Crippen LogP contribution in [0, 0.1) is 0 Å². The van der Waals surface area contributed by atoms with Gasteiger partial charge in [-0.25, -0.2) is 13.2 Å². The minimum Gasteiger partial charge on any atom is -0.497 e. The average molecular weight is 476 g/mol. The Bertz CT molecular complexity index is 1080. The minimum absolute atomic E-state index is 0.0459. The van der Waals surface area contributed by atoms with E-state index in [-0.39, 0.29) is 10.8 Å². The number of hydrogen-bond donors (Lipinski definition) is 1. The predicted octanol–water partition coefficient (Wildman–Crippen LogP) is 3.19. The van der Waals surface area contributed by atoms with E-state index >= 15 is 0 Å². The zero-order valence-electron chi connectivity index (χ0n) is 19.2. The summed E-state index contributed by atoms with van der Waals surface area (Å²) in [6, 6.07) is 12.3. The topological polar surface area (TPSA) is 105 Å². The molecule has 0 aromatic heterocycles. The molecule has 2 aromatic rings. The molecule has 1 N–H and O–H groups in total. The number of nitrogens with zero attached hydrogens (tertiary/aromatic N) is 2. The first-order chi connectivity index (χ1) is 15.5. The molecule has 9 nitrogen and oxygen atoms in total. The van der Waals surface area contributed by atoms with Crippen LogP contribution in [-0.2, 0) is 14.8 Å². The molecule has 0 unspecified atom stereocenters. The Morgan fingerprint density at radius 3 is 1.94 bits per heavy atom. The summed E-state index contributed by atoms with van der Waals surface area (Å²) < 4.78 is 38.2. The molecule has 33 heavy (non-hydrogen) atoms. The monoisotopic (exact) mass is 475 g/mol. The summed E-state index contributed by atoms with van der Waals surface area (Å²) >= 11 is 0. The number of hydrogen-bond acceptors (Lipinski definition) is 6. The second-order valence-electron chi connectivity index (χ2n) is 8.62. The number of methoxy groups -OCH3 is 1. The SMILES string of the molecule is COc1ccc(NS(=O)(=O)c2ccc(C(=O)N3CCN(C(=O)OC(C)(C)C)CC3)cc2)cc1. The van der Waals surface area contributed by atoms with Crippen LogP contribution in [0.3, 0.4) is 0 Å². The first kappa shape index (κ1) is 24.4. The van der Waals surface area contributed by atoms with E-state index < -0.39 is 21.7 Å². The molecule has 2 aromatic carbocycles. The Morgan fingerprint density at radius 1 is 0.879 bits per heavy atom. The van der Waals surface area contributed by atoms with Gasteiger partial charge in [-0.05, 0) is 69.3 Å². The number of carbonyl (C=O) groups is 2. The molecule has 3 rings (SSSR count). The molecule has 178 valence electrons. The fraction of sp³-hybridized carbons (Fsp3) is 0.391. The number of amides is 2. The van der Waals surface area contributed by atoms with Gasteiger partial charge < -0.3 is 19.3 Å². The molecule has 1 saturated heterocycles. The van der Waals surface area contributed by atoms with Crippen molar-refractivity contribution in [2.24, 2.45) is 0 Å². The Balaban J connectivity index is 1.60. The van der Waals surface area contributed by atoms with E-state index in [0.29, 0.717) is 43.2 Å². The standard InChI is InChI=1S/C23H29N3O6S/c1-23(2,3)32-22(28)26-15-13-25(14-16-26)21(27)17-5-11-20(12-6-17)33(29,30)24-18-7-9-19(31-4)10-8-18/h5-12,24H,13-16H2,1-4H3. The number of rotatable bonds is 5. The zero-order chi connectivity index (χ0) is 24.2. The summed E-state index contributed by atoms with van der Waals surface area (Å²) in [5.41, 5.74) is 0.205. The number of anilines is 1. The average Bonchev–Trinajstić information content (AvgIpc) is 2.78. The van der Waals surface area contributed by atoms with Crippen molar-refractivity contribution in [3.05, 3.63) is 54.1 Å². The molecule has 1 heterocycles. The molecular weight excluding hydrogens is 446 g/mol. The lowest BCUT2D eigenvalue weighted by Crippen LogP contribution is -2.51. The van der Waals surface area contributed by atoms with E-state index in [9.17, 15) is 18.0 Å². The lowest BCUT2D eigenvalue weighted by Gasteiger charge is -2.35. The van der Waals surface area contributed by atoms with Gasteiger partial charge in [0.1, 0.15) is 11.4 Å². The van der Waals surface area contributed by atoms with E-state index in [1.807, 2.05) is 0 Å². The van der Waals surface area contributed by atoms with Gasteiger partial charge in [-0.15, -0.1) is 0 Å². The van der Waals surface area contributed by atoms with Crippen molar-refractivity contribution < 1.29 is 27.5 Å². The molecule has 0 spiro atoms. The Morgan fingerprint density at radius 2 is 1.42 bits per heavy atom. The Kier molecular flexibility index (Phi) is 7.16. The summed E-state index contributed by atoms with van der Waals surface area (Å²) in [6.07, 6.45) is -0.395. The fourth-order valence-electron chi connectivity index (χ4n) is 3.25. The maximum Gasteiger partial charge on any atom is 0.410 e. The van der Waals surface area contributed by atoms with Crippen LogP contribution in [0.5, 0.6) is 5.75 Å². The molecule has 1 aliphatic rings. The van der Waals surface area contributed by atoms with Gasteiger partial charge >= 0.3 is 6.09 Å². The van der Waals surface area contributed by atoms with Gasteiger partial charge in [-0.1, -0.05) is 0 Å². The second kappa shape index (κ2) is 9.70. The molecular formula is C23H29N3O6S. The summed E-state index contributed by atoms with van der Waals surface area (Å²) in [6.45, 7) is 6.91. The highest BCUT2D eigenvalue weighted by Gasteiger charge is 2.28.